The van der Waals surface area contributed by atoms with Gasteiger partial charge < -0.3 is 13.8 Å². The number of benzene rings is 8. The molecule has 0 fully saturated rings. The van der Waals surface area contributed by atoms with Crippen LogP contribution in [0.3, 0.4) is 0 Å². The molecule has 284 valence electrons. The lowest BCUT2D eigenvalue weighted by Gasteiger charge is -2.11. The fourth-order valence-corrected chi connectivity index (χ4v) is 9.86. The van der Waals surface area contributed by atoms with Gasteiger partial charge in [0, 0.05) is 66.2 Å². The molecule has 0 aliphatic carbocycles. The number of hydrogen-bond donors (Lipinski definition) is 1. The maximum Gasteiger partial charge on any atom is 0.147 e. The van der Waals surface area contributed by atoms with E-state index in [-0.39, 0.29) is 0 Å². The van der Waals surface area contributed by atoms with E-state index in [1.165, 1.54) is 10.8 Å². The van der Waals surface area contributed by atoms with Crippen LogP contribution >= 0.6 is 0 Å². The highest BCUT2D eigenvalue weighted by molar-refractivity contribution is 6.28. The fourth-order valence-electron chi connectivity index (χ4n) is 9.86. The van der Waals surface area contributed by atoms with Gasteiger partial charge in [0.05, 0.1) is 33.0 Å². The number of hydrogen-bond acceptors (Lipinski definition) is 4. The maximum atomic E-state index is 6.76. The van der Waals surface area contributed by atoms with Crippen LogP contribution in [0, 0.1) is 0 Å². The van der Waals surface area contributed by atoms with Crippen molar-refractivity contribution in [3.05, 3.63) is 182 Å². The maximum absolute atomic E-state index is 6.76. The minimum absolute atomic E-state index is 0.829. The second kappa shape index (κ2) is 12.1. The number of aromatic nitrogens is 5. The van der Waals surface area contributed by atoms with Crippen LogP contribution in [0.4, 0.5) is 0 Å². The largest absolute Gasteiger partial charge is 0.456 e. The van der Waals surface area contributed by atoms with E-state index in [9.17, 15) is 0 Å². The van der Waals surface area contributed by atoms with Gasteiger partial charge in [0.25, 0.3) is 0 Å². The predicted octanol–water partition coefficient (Wildman–Crippen LogP) is 14.3. The standard InChI is InChI=1S/C54H31N5O2/c1-2-13-32(14-3-1)58-44-20-12-18-33(31-24-25-35-34-15-4-7-19-43(34)59(45(35)27-31)49-23-10-11-26-55-49)51(44)57-54(58)41-28-39-37-17-6-9-22-47(37)61-53(39)50-40-30-48-38(29-42(40)56-52(41)50)36-16-5-8-21-46(36)60-48/h1-30,56H. The molecule has 14 aromatic rings. The van der Waals surface area contributed by atoms with Crippen molar-refractivity contribution >= 4 is 98.5 Å². The molecule has 0 bridgehead atoms. The number of nitrogens with one attached hydrogen (secondary N) is 1. The molecule has 61 heavy (non-hydrogen) atoms. The summed E-state index contributed by atoms with van der Waals surface area (Å²) in [7, 11) is 0. The molecular formula is C54H31N5O2. The van der Waals surface area contributed by atoms with E-state index in [4.69, 9.17) is 18.8 Å². The lowest BCUT2D eigenvalue weighted by molar-refractivity contribution is 0.669. The molecule has 7 nitrogen and oxygen atoms in total. The third-order valence-electron chi connectivity index (χ3n) is 12.5. The van der Waals surface area contributed by atoms with Crippen molar-refractivity contribution in [3.8, 4) is 34.0 Å². The van der Waals surface area contributed by atoms with Crippen LogP contribution in [-0.4, -0.2) is 24.1 Å². The van der Waals surface area contributed by atoms with Crippen LogP contribution in [0.1, 0.15) is 0 Å². The normalized spacial score (nSPS) is 12.3. The van der Waals surface area contributed by atoms with Gasteiger partial charge in [0.15, 0.2) is 0 Å². The Hall–Kier alpha value is -8.42. The van der Waals surface area contributed by atoms with Crippen molar-refractivity contribution in [2.24, 2.45) is 0 Å². The summed E-state index contributed by atoms with van der Waals surface area (Å²) in [5.74, 6) is 1.71. The number of fused-ring (bicyclic) bond motifs is 14. The molecule has 6 heterocycles. The van der Waals surface area contributed by atoms with Gasteiger partial charge in [-0.25, -0.2) is 9.97 Å². The number of H-pyrrole nitrogens is 1. The second-order valence-corrected chi connectivity index (χ2v) is 15.8. The summed E-state index contributed by atoms with van der Waals surface area (Å²) in [6.45, 7) is 0. The monoisotopic (exact) mass is 781 g/mol. The van der Waals surface area contributed by atoms with E-state index < -0.39 is 0 Å². The van der Waals surface area contributed by atoms with Gasteiger partial charge in [-0.05, 0) is 78.4 Å². The third kappa shape index (κ3) is 4.51. The number of furan rings is 2. The Kier molecular flexibility index (Phi) is 6.43. The van der Waals surface area contributed by atoms with Gasteiger partial charge in [-0.1, -0.05) is 103 Å². The molecule has 6 aromatic heterocycles. The Morgan fingerprint density at radius 1 is 0.459 bits per heavy atom. The molecule has 0 unspecified atom stereocenters. The minimum atomic E-state index is 0.829. The molecule has 0 saturated carbocycles. The van der Waals surface area contributed by atoms with Gasteiger partial charge in [-0.15, -0.1) is 0 Å². The Bertz CT molecular complexity index is 4110. The summed E-state index contributed by atoms with van der Waals surface area (Å²) in [6, 6.07) is 61.6. The lowest BCUT2D eigenvalue weighted by Crippen LogP contribution is -1.98. The Morgan fingerprint density at radius 3 is 2.05 bits per heavy atom. The Balaban J connectivity index is 1.08. The first-order valence-electron chi connectivity index (χ1n) is 20.5. The molecule has 0 atom stereocenters. The highest BCUT2D eigenvalue weighted by Gasteiger charge is 2.25. The molecule has 0 aliphatic rings. The molecular weight excluding hydrogens is 751 g/mol. The van der Waals surface area contributed by atoms with Crippen molar-refractivity contribution in [2.45, 2.75) is 0 Å². The molecule has 14 rings (SSSR count). The number of para-hydroxylation sites is 5. The van der Waals surface area contributed by atoms with Crippen LogP contribution in [0.25, 0.3) is 133 Å². The van der Waals surface area contributed by atoms with Crippen molar-refractivity contribution < 1.29 is 8.83 Å². The van der Waals surface area contributed by atoms with Gasteiger partial charge in [-0.3, -0.25) is 9.13 Å². The molecule has 1 N–H and O–H groups in total. The Labute approximate surface area is 346 Å². The summed E-state index contributed by atoms with van der Waals surface area (Å²) >= 11 is 0. The fraction of sp³-hybridized carbons (Fsp3) is 0. The van der Waals surface area contributed by atoms with Crippen molar-refractivity contribution in [3.63, 3.8) is 0 Å². The van der Waals surface area contributed by atoms with Gasteiger partial charge in [0.1, 0.15) is 34.0 Å². The molecule has 0 radical (unpaired) electrons. The number of aromatic amines is 1. The average molecular weight is 782 g/mol. The van der Waals surface area contributed by atoms with Crippen LogP contribution < -0.4 is 0 Å². The first-order valence-corrected chi connectivity index (χ1v) is 20.5. The first kappa shape index (κ1) is 32.5. The molecule has 0 aliphatic heterocycles. The summed E-state index contributed by atoms with van der Waals surface area (Å²) in [5, 5.41) is 8.64. The van der Waals surface area contributed by atoms with E-state index in [2.05, 4.69) is 154 Å². The van der Waals surface area contributed by atoms with Crippen LogP contribution in [0.15, 0.2) is 191 Å². The lowest BCUT2D eigenvalue weighted by atomic mass is 10.0. The summed E-state index contributed by atoms with van der Waals surface area (Å²) in [5.41, 5.74) is 13.6. The molecule has 0 amide bonds. The van der Waals surface area contributed by atoms with Gasteiger partial charge in [0.2, 0.25) is 0 Å². The van der Waals surface area contributed by atoms with E-state index in [0.717, 1.165) is 122 Å². The smallest absolute Gasteiger partial charge is 0.147 e. The molecule has 7 heteroatoms. The zero-order valence-electron chi connectivity index (χ0n) is 32.4. The van der Waals surface area contributed by atoms with Crippen molar-refractivity contribution in [2.75, 3.05) is 0 Å². The zero-order chi connectivity index (χ0) is 39.8. The first-order chi connectivity index (χ1) is 30.2. The van der Waals surface area contributed by atoms with Gasteiger partial charge in [-0.2, -0.15) is 0 Å². The number of nitrogens with zero attached hydrogens (tertiary/aromatic N) is 4. The topological polar surface area (TPSA) is 77.7 Å². The molecule has 8 aromatic carbocycles. The molecule has 0 spiro atoms. The van der Waals surface area contributed by atoms with Crippen LogP contribution in [0.2, 0.25) is 0 Å². The minimum Gasteiger partial charge on any atom is -0.456 e. The number of imidazole rings is 1. The SMILES string of the molecule is c1ccc(-n2c(-c3cc4c5ccccc5oc4c4c3[nH]c3cc5c(cc34)oc3ccccc35)nc3c(-c4ccc5c6ccccc6n(-c6ccccn6)c5c4)cccc32)cc1. The summed E-state index contributed by atoms with van der Waals surface area (Å²) in [6.07, 6.45) is 1.85. The summed E-state index contributed by atoms with van der Waals surface area (Å²) < 4.78 is 17.8. The molecule has 0 saturated heterocycles. The highest BCUT2D eigenvalue weighted by atomic mass is 16.3. The van der Waals surface area contributed by atoms with E-state index in [0.29, 0.717) is 0 Å². The highest BCUT2D eigenvalue weighted by Crippen LogP contribution is 2.46. The quantitative estimate of drug-likeness (QED) is 0.193. The number of rotatable bonds is 4. The number of pyridine rings is 1. The van der Waals surface area contributed by atoms with Crippen LogP contribution in [0.5, 0.6) is 0 Å². The third-order valence-corrected chi connectivity index (χ3v) is 12.5. The van der Waals surface area contributed by atoms with Crippen molar-refractivity contribution in [1.82, 2.24) is 24.1 Å². The van der Waals surface area contributed by atoms with Crippen molar-refractivity contribution in [1.29, 1.82) is 0 Å². The van der Waals surface area contributed by atoms with E-state index in [1.807, 2.05) is 42.6 Å². The van der Waals surface area contributed by atoms with E-state index >= 15 is 0 Å². The zero-order valence-corrected chi connectivity index (χ0v) is 32.4. The predicted molar refractivity (Wildman–Crippen MR) is 248 cm³/mol. The second-order valence-electron chi connectivity index (χ2n) is 15.8. The van der Waals surface area contributed by atoms with Gasteiger partial charge >= 0.3 is 0 Å². The average Bonchev–Trinajstić information content (AvgIpc) is 4.13. The summed E-state index contributed by atoms with van der Waals surface area (Å²) in [4.78, 5) is 14.4. The van der Waals surface area contributed by atoms with Crippen LogP contribution in [-0.2, 0) is 0 Å². The Morgan fingerprint density at radius 2 is 1.20 bits per heavy atom. The van der Waals surface area contributed by atoms with E-state index in [1.54, 1.807) is 0 Å².